The second-order valence-electron chi connectivity index (χ2n) is 6.23. The molecule has 0 saturated carbocycles. The van der Waals surface area contributed by atoms with Crippen LogP contribution in [0.2, 0.25) is 0 Å². The zero-order valence-corrected chi connectivity index (χ0v) is 17.1. The normalized spacial score (nSPS) is 10.8. The zero-order chi connectivity index (χ0) is 18.5. The van der Waals surface area contributed by atoms with Crippen molar-refractivity contribution in [2.75, 3.05) is 23.3 Å². The Kier molecular flexibility index (Phi) is 5.99. The predicted molar refractivity (Wildman–Crippen MR) is 114 cm³/mol. The quantitative estimate of drug-likeness (QED) is 0.570. The van der Waals surface area contributed by atoms with Crippen LogP contribution in [0.1, 0.15) is 19.4 Å². The van der Waals surface area contributed by atoms with Gasteiger partial charge in [-0.2, -0.15) is 0 Å². The van der Waals surface area contributed by atoms with Crippen LogP contribution in [0.15, 0.2) is 59.2 Å². The molecule has 0 aliphatic carbocycles. The summed E-state index contributed by atoms with van der Waals surface area (Å²) in [4.78, 5) is 6.88. The van der Waals surface area contributed by atoms with Gasteiger partial charge in [-0.1, -0.05) is 40.2 Å². The van der Waals surface area contributed by atoms with Crippen molar-refractivity contribution in [2.24, 2.45) is 7.05 Å². The standard InChI is InChI=1S/C21H25BrN4/c1-4-26(5-2)19-12-6-16(7-13-19)14-23-21-24-15-20(25(21)3)17-8-10-18(22)11-9-17/h6-13,15H,4-5,14H2,1-3H3,(H,23,24). The lowest BCUT2D eigenvalue weighted by Crippen LogP contribution is -2.21. The van der Waals surface area contributed by atoms with Crippen molar-refractivity contribution in [3.8, 4) is 11.3 Å². The van der Waals surface area contributed by atoms with E-state index in [9.17, 15) is 0 Å². The SMILES string of the molecule is CCN(CC)c1ccc(CNc2ncc(-c3ccc(Br)cc3)n2C)cc1. The Labute approximate surface area is 164 Å². The number of hydrogen-bond acceptors (Lipinski definition) is 3. The van der Waals surface area contributed by atoms with Gasteiger partial charge in [0, 0.05) is 36.8 Å². The van der Waals surface area contributed by atoms with E-state index in [1.807, 2.05) is 25.4 Å². The lowest BCUT2D eigenvalue weighted by atomic mass is 10.2. The first-order valence-electron chi connectivity index (χ1n) is 8.97. The monoisotopic (exact) mass is 412 g/mol. The Hall–Kier alpha value is -2.27. The molecule has 3 rings (SSSR count). The second-order valence-corrected chi connectivity index (χ2v) is 7.14. The Morgan fingerprint density at radius 2 is 1.65 bits per heavy atom. The van der Waals surface area contributed by atoms with Gasteiger partial charge in [-0.05, 0) is 49.2 Å². The number of imidazole rings is 1. The van der Waals surface area contributed by atoms with Gasteiger partial charge in [0.25, 0.3) is 0 Å². The first kappa shape index (κ1) is 18.5. The van der Waals surface area contributed by atoms with Crippen LogP contribution in [0.5, 0.6) is 0 Å². The van der Waals surface area contributed by atoms with E-state index in [-0.39, 0.29) is 0 Å². The van der Waals surface area contributed by atoms with Gasteiger partial charge in [-0.3, -0.25) is 0 Å². The molecule has 0 spiro atoms. The number of aromatic nitrogens is 2. The van der Waals surface area contributed by atoms with E-state index in [1.165, 1.54) is 11.3 Å². The van der Waals surface area contributed by atoms with Gasteiger partial charge in [0.15, 0.2) is 0 Å². The average molecular weight is 413 g/mol. The molecule has 136 valence electrons. The van der Waals surface area contributed by atoms with Crippen LogP contribution in [0.25, 0.3) is 11.3 Å². The van der Waals surface area contributed by atoms with Crippen molar-refractivity contribution in [3.63, 3.8) is 0 Å². The molecule has 0 saturated heterocycles. The molecule has 5 heteroatoms. The summed E-state index contributed by atoms with van der Waals surface area (Å²) < 4.78 is 3.17. The summed E-state index contributed by atoms with van der Waals surface area (Å²) in [5.41, 5.74) is 4.76. The molecule has 1 aromatic heterocycles. The van der Waals surface area contributed by atoms with Crippen molar-refractivity contribution in [2.45, 2.75) is 20.4 Å². The molecule has 0 unspecified atom stereocenters. The van der Waals surface area contributed by atoms with Gasteiger partial charge in [0.05, 0.1) is 11.9 Å². The summed E-state index contributed by atoms with van der Waals surface area (Å²) in [5, 5.41) is 3.44. The van der Waals surface area contributed by atoms with Crippen LogP contribution in [-0.4, -0.2) is 22.6 Å². The van der Waals surface area contributed by atoms with Crippen LogP contribution in [0, 0.1) is 0 Å². The number of nitrogens with zero attached hydrogens (tertiary/aromatic N) is 3. The lowest BCUT2D eigenvalue weighted by Gasteiger charge is -2.21. The molecule has 26 heavy (non-hydrogen) atoms. The summed E-state index contributed by atoms with van der Waals surface area (Å²) in [6.07, 6.45) is 1.91. The third-order valence-electron chi connectivity index (χ3n) is 4.64. The summed E-state index contributed by atoms with van der Waals surface area (Å²) >= 11 is 3.48. The highest BCUT2D eigenvalue weighted by atomic mass is 79.9. The largest absolute Gasteiger partial charge is 0.372 e. The van der Waals surface area contributed by atoms with Crippen LogP contribution >= 0.6 is 15.9 Å². The molecule has 0 aliphatic heterocycles. The van der Waals surface area contributed by atoms with Crippen molar-refractivity contribution >= 4 is 27.6 Å². The predicted octanol–water partition coefficient (Wildman–Crippen LogP) is 5.31. The molecule has 3 aromatic rings. The summed E-state index contributed by atoms with van der Waals surface area (Å²) in [6, 6.07) is 17.0. The Bertz CT molecular complexity index is 833. The van der Waals surface area contributed by atoms with E-state index >= 15 is 0 Å². The molecular formula is C21H25BrN4. The van der Waals surface area contributed by atoms with E-state index in [1.54, 1.807) is 0 Å². The number of rotatable bonds is 7. The van der Waals surface area contributed by atoms with E-state index in [0.29, 0.717) is 0 Å². The average Bonchev–Trinajstić information content (AvgIpc) is 3.03. The fourth-order valence-corrected chi connectivity index (χ4v) is 3.32. The molecule has 0 fully saturated rings. The third kappa shape index (κ3) is 4.10. The van der Waals surface area contributed by atoms with E-state index in [4.69, 9.17) is 0 Å². The van der Waals surface area contributed by atoms with Crippen LogP contribution in [-0.2, 0) is 13.6 Å². The summed E-state index contributed by atoms with van der Waals surface area (Å²) in [5.74, 6) is 0.871. The Balaban J connectivity index is 1.68. The molecule has 0 bridgehead atoms. The highest BCUT2D eigenvalue weighted by molar-refractivity contribution is 9.10. The fraction of sp³-hybridized carbons (Fsp3) is 0.286. The van der Waals surface area contributed by atoms with Crippen molar-refractivity contribution in [3.05, 3.63) is 64.8 Å². The minimum atomic E-state index is 0.753. The Morgan fingerprint density at radius 1 is 1.00 bits per heavy atom. The first-order valence-corrected chi connectivity index (χ1v) is 9.77. The summed E-state index contributed by atoms with van der Waals surface area (Å²) in [6.45, 7) is 7.18. The van der Waals surface area contributed by atoms with Crippen LogP contribution in [0.4, 0.5) is 11.6 Å². The number of anilines is 2. The number of halogens is 1. The van der Waals surface area contributed by atoms with Gasteiger partial charge in [0.2, 0.25) is 5.95 Å². The molecule has 0 amide bonds. The topological polar surface area (TPSA) is 33.1 Å². The molecule has 0 aliphatic rings. The van der Waals surface area contributed by atoms with Gasteiger partial charge in [-0.15, -0.1) is 0 Å². The lowest BCUT2D eigenvalue weighted by molar-refractivity contribution is 0.865. The maximum absolute atomic E-state index is 4.53. The third-order valence-corrected chi connectivity index (χ3v) is 5.17. The minimum Gasteiger partial charge on any atom is -0.372 e. The maximum atomic E-state index is 4.53. The van der Waals surface area contributed by atoms with Crippen molar-refractivity contribution < 1.29 is 0 Å². The van der Waals surface area contributed by atoms with E-state index < -0.39 is 0 Å². The number of nitrogens with one attached hydrogen (secondary N) is 1. The molecule has 0 radical (unpaired) electrons. The van der Waals surface area contributed by atoms with Crippen LogP contribution < -0.4 is 10.2 Å². The highest BCUT2D eigenvalue weighted by Gasteiger charge is 2.08. The molecular weight excluding hydrogens is 388 g/mol. The maximum Gasteiger partial charge on any atom is 0.203 e. The summed E-state index contributed by atoms with van der Waals surface area (Å²) in [7, 11) is 2.04. The minimum absolute atomic E-state index is 0.753. The van der Waals surface area contributed by atoms with E-state index in [2.05, 4.69) is 85.9 Å². The van der Waals surface area contributed by atoms with E-state index in [0.717, 1.165) is 41.3 Å². The first-order chi connectivity index (χ1) is 12.6. The van der Waals surface area contributed by atoms with Gasteiger partial charge in [0.1, 0.15) is 0 Å². The molecule has 1 heterocycles. The molecule has 2 aromatic carbocycles. The zero-order valence-electron chi connectivity index (χ0n) is 15.5. The number of benzene rings is 2. The highest BCUT2D eigenvalue weighted by Crippen LogP contribution is 2.24. The van der Waals surface area contributed by atoms with Crippen molar-refractivity contribution in [1.29, 1.82) is 0 Å². The van der Waals surface area contributed by atoms with Gasteiger partial charge < -0.3 is 14.8 Å². The Morgan fingerprint density at radius 3 is 2.27 bits per heavy atom. The van der Waals surface area contributed by atoms with Gasteiger partial charge >= 0.3 is 0 Å². The molecule has 1 N–H and O–H groups in total. The van der Waals surface area contributed by atoms with Gasteiger partial charge in [-0.25, -0.2) is 4.98 Å². The van der Waals surface area contributed by atoms with Crippen LogP contribution in [0.3, 0.4) is 0 Å². The smallest absolute Gasteiger partial charge is 0.203 e. The molecule has 4 nitrogen and oxygen atoms in total. The second kappa shape index (κ2) is 8.41. The fourth-order valence-electron chi connectivity index (χ4n) is 3.06. The number of hydrogen-bond donors (Lipinski definition) is 1. The molecule has 0 atom stereocenters. The van der Waals surface area contributed by atoms with Crippen molar-refractivity contribution in [1.82, 2.24) is 9.55 Å².